The monoisotopic (exact) mass is 538 g/mol. The molecule has 0 bridgehead atoms. The first kappa shape index (κ1) is 27.5. The van der Waals surface area contributed by atoms with Crippen LogP contribution in [0.15, 0.2) is 72.8 Å². The smallest absolute Gasteiger partial charge is 0.327 e. The van der Waals surface area contributed by atoms with Gasteiger partial charge in [-0.15, -0.1) is 0 Å². The predicted molar refractivity (Wildman–Crippen MR) is 154 cm³/mol. The van der Waals surface area contributed by atoms with Crippen molar-refractivity contribution < 1.29 is 24.6 Å². The molecule has 0 aromatic heterocycles. The van der Waals surface area contributed by atoms with E-state index < -0.39 is 47.3 Å². The number of carbonyl (C=O) groups is 3. The zero-order valence-electron chi connectivity index (χ0n) is 22.9. The fourth-order valence-corrected chi connectivity index (χ4v) is 6.28. The Morgan fingerprint density at radius 2 is 1.48 bits per heavy atom. The van der Waals surface area contributed by atoms with E-state index in [-0.39, 0.29) is 0 Å². The molecule has 2 aliphatic heterocycles. The molecule has 0 radical (unpaired) electrons. The minimum absolute atomic E-state index is 0.445. The van der Waals surface area contributed by atoms with Crippen LogP contribution in [-0.4, -0.2) is 39.6 Å². The van der Waals surface area contributed by atoms with E-state index in [0.29, 0.717) is 24.1 Å². The minimum Gasteiger partial charge on any atom is -0.480 e. The number of anilines is 1. The summed E-state index contributed by atoms with van der Waals surface area (Å²) in [5.74, 6) is -4.65. The number of rotatable bonds is 8. The van der Waals surface area contributed by atoms with Crippen LogP contribution in [0.25, 0.3) is 12.2 Å². The van der Waals surface area contributed by atoms with Crippen LogP contribution in [0.5, 0.6) is 0 Å². The van der Waals surface area contributed by atoms with Gasteiger partial charge in [-0.2, -0.15) is 0 Å². The maximum absolute atomic E-state index is 14.2. The molecule has 206 valence electrons. The Bertz CT molecular complexity index is 1440. The lowest BCUT2D eigenvalue weighted by atomic mass is 9.76. The van der Waals surface area contributed by atoms with E-state index in [1.54, 1.807) is 0 Å². The summed E-state index contributed by atoms with van der Waals surface area (Å²) in [6.45, 7) is 5.27. The molecule has 7 nitrogen and oxygen atoms in total. The topological polar surface area (TPSA) is 107 Å². The average Bonchev–Trinajstić information content (AvgIpc) is 3.46. The highest BCUT2D eigenvalue weighted by Crippen LogP contribution is 2.51. The Morgan fingerprint density at radius 1 is 0.900 bits per heavy atom. The normalized spacial score (nSPS) is 25.0. The number of carboxylic acids is 1. The second kappa shape index (κ2) is 10.8. The fourth-order valence-electron chi connectivity index (χ4n) is 6.28. The van der Waals surface area contributed by atoms with Crippen molar-refractivity contribution >= 4 is 35.6 Å². The van der Waals surface area contributed by atoms with Crippen molar-refractivity contribution in [2.24, 2.45) is 11.8 Å². The summed E-state index contributed by atoms with van der Waals surface area (Å²) in [6, 6.07) is 22.3. The third kappa shape index (κ3) is 4.35. The number of aliphatic hydroxyl groups is 1. The Kier molecular flexibility index (Phi) is 7.45. The molecule has 5 unspecified atom stereocenters. The molecular weight excluding hydrogens is 504 g/mol. The molecule has 3 N–H and O–H groups in total. The molecule has 2 heterocycles. The van der Waals surface area contributed by atoms with Crippen molar-refractivity contribution in [2.45, 2.75) is 51.3 Å². The molecule has 2 aliphatic rings. The van der Waals surface area contributed by atoms with Gasteiger partial charge in [-0.05, 0) is 47.6 Å². The van der Waals surface area contributed by atoms with Gasteiger partial charge in [-0.25, -0.2) is 4.90 Å². The molecule has 3 aromatic rings. The number of benzene rings is 3. The van der Waals surface area contributed by atoms with E-state index in [9.17, 15) is 24.6 Å². The van der Waals surface area contributed by atoms with Crippen LogP contribution in [0.1, 0.15) is 54.6 Å². The second-order valence-electron chi connectivity index (χ2n) is 10.5. The Balaban J connectivity index is 1.57. The van der Waals surface area contributed by atoms with E-state index in [0.717, 1.165) is 22.3 Å². The van der Waals surface area contributed by atoms with Crippen LogP contribution in [-0.2, 0) is 27.2 Å². The van der Waals surface area contributed by atoms with Gasteiger partial charge in [0.2, 0.25) is 11.8 Å². The van der Waals surface area contributed by atoms with Crippen molar-refractivity contribution in [2.75, 3.05) is 4.90 Å². The maximum Gasteiger partial charge on any atom is 0.327 e. The molecule has 2 amide bonds. The molecule has 0 saturated carbocycles. The average molecular weight is 539 g/mol. The SMILES string of the molecule is CCc1cccc(CC)c1N1C(=O)C2C(c3ccc(C=Cc4ccccc4)cc3)NC(C(=O)O)(C(C)O)C2C1=O. The Morgan fingerprint density at radius 3 is 2.00 bits per heavy atom. The third-order valence-corrected chi connectivity index (χ3v) is 8.36. The number of hydrogen-bond donors (Lipinski definition) is 3. The van der Waals surface area contributed by atoms with Gasteiger partial charge in [0.05, 0.1) is 23.6 Å². The third-order valence-electron chi connectivity index (χ3n) is 8.36. The highest BCUT2D eigenvalue weighted by Gasteiger charge is 2.70. The molecule has 7 heteroatoms. The number of aliphatic carboxylic acids is 1. The molecule has 40 heavy (non-hydrogen) atoms. The van der Waals surface area contributed by atoms with E-state index in [2.05, 4.69) is 5.32 Å². The van der Waals surface area contributed by atoms with Crippen LogP contribution in [0, 0.1) is 11.8 Å². The number of para-hydroxylation sites is 1. The summed E-state index contributed by atoms with van der Waals surface area (Å²) in [5.41, 5.74) is 2.89. The number of amides is 2. The van der Waals surface area contributed by atoms with Gasteiger partial charge in [0, 0.05) is 6.04 Å². The van der Waals surface area contributed by atoms with Crippen molar-refractivity contribution in [3.05, 3.63) is 101 Å². The number of nitrogens with zero attached hydrogens (tertiary/aromatic N) is 1. The predicted octanol–water partition coefficient (Wildman–Crippen LogP) is 4.64. The van der Waals surface area contributed by atoms with E-state index in [1.165, 1.54) is 11.8 Å². The summed E-state index contributed by atoms with van der Waals surface area (Å²) in [4.78, 5) is 42.2. The Hall–Kier alpha value is -4.07. The van der Waals surface area contributed by atoms with Crippen LogP contribution >= 0.6 is 0 Å². The lowest BCUT2D eigenvalue weighted by Crippen LogP contribution is -2.62. The molecule has 0 spiro atoms. The lowest BCUT2D eigenvalue weighted by molar-refractivity contribution is -0.154. The van der Waals surface area contributed by atoms with Gasteiger partial charge in [-0.1, -0.05) is 98.8 Å². The van der Waals surface area contributed by atoms with Gasteiger partial charge in [-0.3, -0.25) is 19.7 Å². The molecule has 2 saturated heterocycles. The number of nitrogens with one attached hydrogen (secondary N) is 1. The largest absolute Gasteiger partial charge is 0.480 e. The highest BCUT2D eigenvalue weighted by atomic mass is 16.4. The standard InChI is InChI=1S/C33H34N2O5/c1-4-23-12-9-13-24(5-2)29(23)35-30(37)26-27(31(35)38)33(20(3)36,32(39)40)34-28(26)25-18-16-22(17-19-25)15-14-21-10-7-6-8-11-21/h6-20,26-28,34,36H,4-5H2,1-3H3,(H,39,40). The zero-order valence-corrected chi connectivity index (χ0v) is 22.9. The van der Waals surface area contributed by atoms with Crippen LogP contribution < -0.4 is 10.2 Å². The van der Waals surface area contributed by atoms with Crippen molar-refractivity contribution in [1.82, 2.24) is 5.32 Å². The molecule has 5 rings (SSSR count). The summed E-state index contributed by atoms with van der Waals surface area (Å²) in [5, 5.41) is 24.3. The molecule has 5 atom stereocenters. The van der Waals surface area contributed by atoms with Gasteiger partial charge < -0.3 is 10.2 Å². The van der Waals surface area contributed by atoms with Gasteiger partial charge in [0.25, 0.3) is 0 Å². The minimum atomic E-state index is -2.02. The quantitative estimate of drug-likeness (QED) is 0.285. The van der Waals surface area contributed by atoms with Crippen LogP contribution in [0.3, 0.4) is 0 Å². The van der Waals surface area contributed by atoms with E-state index >= 15 is 0 Å². The maximum atomic E-state index is 14.2. The van der Waals surface area contributed by atoms with Crippen LogP contribution in [0.2, 0.25) is 0 Å². The van der Waals surface area contributed by atoms with Crippen molar-refractivity contribution in [3.63, 3.8) is 0 Å². The number of imide groups is 1. The number of aryl methyl sites for hydroxylation is 2. The number of carbonyl (C=O) groups excluding carboxylic acids is 2. The molecule has 0 aliphatic carbocycles. The summed E-state index contributed by atoms with van der Waals surface area (Å²) >= 11 is 0. The lowest BCUT2D eigenvalue weighted by Gasteiger charge is -2.34. The van der Waals surface area contributed by atoms with E-state index in [1.807, 2.05) is 98.8 Å². The van der Waals surface area contributed by atoms with Gasteiger partial charge in [0.1, 0.15) is 0 Å². The summed E-state index contributed by atoms with van der Waals surface area (Å²) in [6.07, 6.45) is 3.75. The van der Waals surface area contributed by atoms with E-state index in [4.69, 9.17) is 0 Å². The van der Waals surface area contributed by atoms with Gasteiger partial charge in [0.15, 0.2) is 5.54 Å². The van der Waals surface area contributed by atoms with Crippen molar-refractivity contribution in [1.29, 1.82) is 0 Å². The first-order valence-corrected chi connectivity index (χ1v) is 13.7. The second-order valence-corrected chi connectivity index (χ2v) is 10.5. The summed E-state index contributed by atoms with van der Waals surface area (Å²) in [7, 11) is 0. The molecule has 3 aromatic carbocycles. The highest BCUT2D eigenvalue weighted by molar-refractivity contribution is 6.25. The molecular formula is C33H34N2O5. The number of aliphatic hydroxyl groups excluding tert-OH is 1. The number of hydrogen-bond acceptors (Lipinski definition) is 5. The Labute approximate surface area is 234 Å². The van der Waals surface area contributed by atoms with Crippen LogP contribution in [0.4, 0.5) is 5.69 Å². The molecule has 2 fully saturated rings. The number of carboxylic acid groups (broad SMARTS) is 1. The summed E-state index contributed by atoms with van der Waals surface area (Å²) < 4.78 is 0. The first-order chi connectivity index (χ1) is 19.2. The first-order valence-electron chi connectivity index (χ1n) is 13.7. The van der Waals surface area contributed by atoms with Gasteiger partial charge >= 0.3 is 5.97 Å². The zero-order chi connectivity index (χ0) is 28.6. The number of fused-ring (bicyclic) bond motifs is 1. The van der Waals surface area contributed by atoms with Crippen molar-refractivity contribution in [3.8, 4) is 0 Å². The fraction of sp³-hybridized carbons (Fsp3) is 0.303.